The lowest BCUT2D eigenvalue weighted by Gasteiger charge is -2.10. The van der Waals surface area contributed by atoms with E-state index in [1.54, 1.807) is 0 Å². The lowest BCUT2D eigenvalue weighted by molar-refractivity contribution is -0.136. The molecule has 0 aromatic heterocycles. The van der Waals surface area contributed by atoms with Crippen LogP contribution in [0, 0.1) is 0 Å². The maximum atomic E-state index is 12.0. The van der Waals surface area contributed by atoms with Crippen molar-refractivity contribution in [3.8, 4) is 5.75 Å². The van der Waals surface area contributed by atoms with Crippen molar-refractivity contribution in [2.24, 2.45) is 0 Å². The van der Waals surface area contributed by atoms with E-state index in [0.29, 0.717) is 0 Å². The van der Waals surface area contributed by atoms with Gasteiger partial charge >= 0.3 is 21.6 Å². The van der Waals surface area contributed by atoms with Crippen LogP contribution in [0.3, 0.4) is 0 Å². The third kappa shape index (κ3) is 7.70. The molecule has 0 saturated heterocycles. The number of halogens is 4. The number of aliphatic carboxylic acids is 2. The third-order valence-corrected chi connectivity index (χ3v) is 3.19. The summed E-state index contributed by atoms with van der Waals surface area (Å²) in [6.45, 7) is 1.08. The molecule has 2 N–H and O–H groups in total. The molecule has 0 aliphatic rings. The van der Waals surface area contributed by atoms with Gasteiger partial charge in [0.25, 0.3) is 5.97 Å². The zero-order chi connectivity index (χ0) is 18.4. The predicted octanol–water partition coefficient (Wildman–Crippen LogP) is 2.29. The Morgan fingerprint density at radius 2 is 1.74 bits per heavy atom. The van der Waals surface area contributed by atoms with E-state index in [4.69, 9.17) is 26.6 Å². The molecule has 0 fully saturated rings. The average Bonchev–Trinajstić information content (AvgIpc) is 2.29. The fourth-order valence-corrected chi connectivity index (χ4v) is 1.75. The van der Waals surface area contributed by atoms with Gasteiger partial charge in [-0.3, -0.25) is 9.59 Å². The Morgan fingerprint density at radius 1 is 1.26 bits per heavy atom. The molecule has 0 saturated carbocycles. The molecule has 0 unspecified atom stereocenters. The van der Waals surface area contributed by atoms with E-state index in [-0.39, 0.29) is 10.6 Å². The van der Waals surface area contributed by atoms with Crippen molar-refractivity contribution in [3.63, 3.8) is 0 Å². The van der Waals surface area contributed by atoms with E-state index in [2.05, 4.69) is 4.18 Å². The number of hydrogen-bond acceptors (Lipinski definition) is 5. The molecule has 0 amide bonds. The van der Waals surface area contributed by atoms with Crippen LogP contribution >= 0.6 is 11.6 Å². The minimum Gasteiger partial charge on any atom is -0.481 e. The summed E-state index contributed by atoms with van der Waals surface area (Å²) in [6.07, 6.45) is -0.453. The molecule has 1 aromatic rings. The Balaban J connectivity index is 0.00000108. The van der Waals surface area contributed by atoms with Crippen molar-refractivity contribution >= 4 is 33.7 Å². The zero-order valence-corrected chi connectivity index (χ0v) is 12.9. The topological polar surface area (TPSA) is 118 Å². The van der Waals surface area contributed by atoms with Crippen LogP contribution in [0.5, 0.6) is 5.75 Å². The first kappa shape index (κ1) is 21.0. The van der Waals surface area contributed by atoms with Crippen molar-refractivity contribution in [2.75, 3.05) is 0 Å². The molecule has 7 nitrogen and oxygen atoms in total. The highest BCUT2D eigenvalue weighted by molar-refractivity contribution is 7.88. The Bertz CT molecular complexity index is 681. The minimum absolute atomic E-state index is 0.117. The first-order valence-corrected chi connectivity index (χ1v) is 7.25. The lowest BCUT2D eigenvalue weighted by Crippen LogP contribution is -2.28. The fraction of sp³-hybridized carbons (Fsp3) is 0.273. The highest BCUT2D eigenvalue weighted by Gasteiger charge is 2.48. The summed E-state index contributed by atoms with van der Waals surface area (Å²) in [5.74, 6) is -2.69. The van der Waals surface area contributed by atoms with Gasteiger partial charge in [-0.1, -0.05) is 17.7 Å². The Hall–Kier alpha value is -2.01. The van der Waals surface area contributed by atoms with Crippen molar-refractivity contribution in [3.05, 3.63) is 28.8 Å². The Labute approximate surface area is 133 Å². The second-order valence-corrected chi connectivity index (χ2v) is 5.77. The SMILES string of the molecule is CC(=O)O.O=C(O)Cc1ccc(OS(=O)(=O)C(F)(F)F)cc1Cl. The van der Waals surface area contributed by atoms with Gasteiger partial charge < -0.3 is 14.4 Å². The molecule has 0 atom stereocenters. The van der Waals surface area contributed by atoms with Gasteiger partial charge in [0.2, 0.25) is 0 Å². The summed E-state index contributed by atoms with van der Waals surface area (Å²) in [6, 6.07) is 2.74. The molecule has 23 heavy (non-hydrogen) atoms. The maximum absolute atomic E-state index is 12.0. The number of alkyl halides is 3. The lowest BCUT2D eigenvalue weighted by atomic mass is 10.1. The minimum atomic E-state index is -5.78. The molecule has 0 heterocycles. The standard InChI is InChI=1S/C9H6ClF3O5S.C2H4O2/c10-7-4-6(2-1-5(7)3-8(14)15)18-19(16,17)9(11,12)13;1-2(3)4/h1-2,4H,3H2,(H,14,15);1H3,(H,3,4). The van der Waals surface area contributed by atoms with Crippen LogP contribution < -0.4 is 4.18 Å². The molecule has 1 rings (SSSR count). The fourth-order valence-electron chi connectivity index (χ4n) is 1.06. The molecule has 0 radical (unpaired) electrons. The van der Waals surface area contributed by atoms with E-state index in [1.807, 2.05) is 0 Å². The average molecular weight is 379 g/mol. The summed E-state index contributed by atoms with van der Waals surface area (Å²) in [7, 11) is -5.78. The van der Waals surface area contributed by atoms with Crippen LogP contribution in [0.25, 0.3) is 0 Å². The number of rotatable bonds is 4. The highest BCUT2D eigenvalue weighted by Crippen LogP contribution is 2.29. The van der Waals surface area contributed by atoms with Gasteiger partial charge in [0, 0.05) is 18.0 Å². The molecular formula is C11H10ClF3O7S. The van der Waals surface area contributed by atoms with Crippen molar-refractivity contribution in [1.82, 2.24) is 0 Å². The molecule has 1 aromatic carbocycles. The van der Waals surface area contributed by atoms with Crippen molar-refractivity contribution < 1.29 is 45.6 Å². The van der Waals surface area contributed by atoms with Gasteiger partial charge in [-0.25, -0.2) is 0 Å². The van der Waals surface area contributed by atoms with Gasteiger partial charge in [-0.2, -0.15) is 21.6 Å². The Morgan fingerprint density at radius 3 is 2.09 bits per heavy atom. The molecule has 130 valence electrons. The van der Waals surface area contributed by atoms with Crippen LogP contribution in [0.15, 0.2) is 18.2 Å². The van der Waals surface area contributed by atoms with Gasteiger partial charge in [0.05, 0.1) is 6.42 Å². The van der Waals surface area contributed by atoms with E-state index in [0.717, 1.165) is 25.1 Å². The zero-order valence-electron chi connectivity index (χ0n) is 11.3. The maximum Gasteiger partial charge on any atom is 0.534 e. The normalized spacial score (nSPS) is 11.2. The van der Waals surface area contributed by atoms with Gasteiger partial charge in [-0.15, -0.1) is 0 Å². The van der Waals surface area contributed by atoms with Gasteiger partial charge in [0.15, 0.2) is 0 Å². The van der Waals surface area contributed by atoms with Crippen LogP contribution in [0.2, 0.25) is 5.02 Å². The summed E-state index contributed by atoms with van der Waals surface area (Å²) >= 11 is 5.60. The van der Waals surface area contributed by atoms with Crippen molar-refractivity contribution in [1.29, 1.82) is 0 Å². The summed E-state index contributed by atoms with van der Waals surface area (Å²) < 4.78 is 61.4. The van der Waals surface area contributed by atoms with Crippen LogP contribution in [0.1, 0.15) is 12.5 Å². The quantitative estimate of drug-likeness (QED) is 0.609. The largest absolute Gasteiger partial charge is 0.534 e. The summed E-state index contributed by atoms with van der Waals surface area (Å²) in [5, 5.41) is 15.7. The van der Waals surface area contributed by atoms with Crippen LogP contribution in [-0.4, -0.2) is 36.1 Å². The molecule has 12 heteroatoms. The predicted molar refractivity (Wildman–Crippen MR) is 71.7 cm³/mol. The molecule has 0 aliphatic carbocycles. The van der Waals surface area contributed by atoms with Crippen LogP contribution in [0.4, 0.5) is 13.2 Å². The summed E-state index contributed by atoms with van der Waals surface area (Å²) in [4.78, 5) is 19.4. The summed E-state index contributed by atoms with van der Waals surface area (Å²) in [5.41, 5.74) is -5.44. The van der Waals surface area contributed by atoms with Crippen molar-refractivity contribution in [2.45, 2.75) is 18.9 Å². The number of benzene rings is 1. The van der Waals surface area contributed by atoms with Gasteiger partial charge in [0.1, 0.15) is 5.75 Å². The second-order valence-electron chi connectivity index (χ2n) is 3.83. The van der Waals surface area contributed by atoms with E-state index in [1.165, 1.54) is 0 Å². The Kier molecular flexibility index (Phi) is 7.31. The first-order chi connectivity index (χ1) is 10.3. The highest BCUT2D eigenvalue weighted by atomic mass is 35.5. The van der Waals surface area contributed by atoms with E-state index >= 15 is 0 Å². The third-order valence-electron chi connectivity index (χ3n) is 1.86. The number of carbonyl (C=O) groups is 2. The van der Waals surface area contributed by atoms with E-state index < -0.39 is 39.7 Å². The number of carboxylic acid groups (broad SMARTS) is 2. The van der Waals surface area contributed by atoms with Crippen LogP contribution in [-0.2, 0) is 26.1 Å². The molecule has 0 bridgehead atoms. The second kappa shape index (κ2) is 8.02. The molecule has 0 aliphatic heterocycles. The number of hydrogen-bond donors (Lipinski definition) is 2. The first-order valence-electron chi connectivity index (χ1n) is 5.46. The van der Waals surface area contributed by atoms with E-state index in [9.17, 15) is 26.4 Å². The molecular weight excluding hydrogens is 369 g/mol. The number of carboxylic acids is 2. The smallest absolute Gasteiger partial charge is 0.481 e. The monoisotopic (exact) mass is 378 g/mol. The van der Waals surface area contributed by atoms with Gasteiger partial charge in [-0.05, 0) is 11.6 Å². The molecule has 0 spiro atoms.